The van der Waals surface area contributed by atoms with Gasteiger partial charge in [0.15, 0.2) is 0 Å². The molecule has 41 heavy (non-hydrogen) atoms. The summed E-state index contributed by atoms with van der Waals surface area (Å²) in [5.41, 5.74) is 9.30. The number of amides is 2. The van der Waals surface area contributed by atoms with Crippen molar-refractivity contribution < 1.29 is 24.2 Å². The SMILES string of the molecule is C.COc1cccc(-n2nc(-c3cccnc3)c(CCO)c2OCCCC(=O)N[C@@H](Cc2ccccc2)C(N)=O)c1. The van der Waals surface area contributed by atoms with E-state index in [4.69, 9.17) is 20.3 Å². The fourth-order valence-corrected chi connectivity index (χ4v) is 4.31. The van der Waals surface area contributed by atoms with E-state index in [1.54, 1.807) is 24.2 Å². The van der Waals surface area contributed by atoms with Crippen molar-refractivity contribution in [3.8, 4) is 28.6 Å². The van der Waals surface area contributed by atoms with Gasteiger partial charge in [0.2, 0.25) is 17.7 Å². The van der Waals surface area contributed by atoms with Crippen LogP contribution in [0.1, 0.15) is 31.4 Å². The maximum absolute atomic E-state index is 12.6. The summed E-state index contributed by atoms with van der Waals surface area (Å²) in [6, 6.07) is 19.7. The zero-order chi connectivity index (χ0) is 28.3. The molecule has 2 heterocycles. The minimum atomic E-state index is -0.802. The topological polar surface area (TPSA) is 142 Å². The Bertz CT molecular complexity index is 1410. The second-order valence-corrected chi connectivity index (χ2v) is 9.13. The highest BCUT2D eigenvalue weighted by molar-refractivity contribution is 5.86. The van der Waals surface area contributed by atoms with E-state index in [1.807, 2.05) is 66.7 Å². The van der Waals surface area contributed by atoms with Gasteiger partial charge >= 0.3 is 0 Å². The Morgan fingerprint density at radius 2 is 1.90 bits per heavy atom. The normalized spacial score (nSPS) is 11.3. The zero-order valence-electron chi connectivity index (χ0n) is 22.3. The van der Waals surface area contributed by atoms with Gasteiger partial charge in [0, 0.05) is 55.5 Å². The molecule has 4 aromatic rings. The third-order valence-electron chi connectivity index (χ3n) is 6.28. The molecular formula is C31H37N5O5. The maximum Gasteiger partial charge on any atom is 0.240 e. The number of nitrogens with zero attached hydrogens (tertiary/aromatic N) is 3. The number of aromatic nitrogens is 3. The number of primary amides is 1. The fourth-order valence-electron chi connectivity index (χ4n) is 4.31. The van der Waals surface area contributed by atoms with Crippen molar-refractivity contribution in [1.82, 2.24) is 20.1 Å². The van der Waals surface area contributed by atoms with Crippen LogP contribution < -0.4 is 20.5 Å². The smallest absolute Gasteiger partial charge is 0.240 e. The Labute approximate surface area is 240 Å². The van der Waals surface area contributed by atoms with Crippen molar-refractivity contribution in [1.29, 1.82) is 0 Å². The lowest BCUT2D eigenvalue weighted by atomic mass is 10.1. The molecule has 0 spiro atoms. The number of hydrogen-bond donors (Lipinski definition) is 3. The van der Waals surface area contributed by atoms with E-state index in [0.717, 1.165) is 16.7 Å². The number of ether oxygens (including phenoxy) is 2. The number of pyridine rings is 1. The maximum atomic E-state index is 12.6. The molecule has 216 valence electrons. The van der Waals surface area contributed by atoms with Gasteiger partial charge in [0.1, 0.15) is 17.5 Å². The molecule has 4 rings (SSSR count). The van der Waals surface area contributed by atoms with Crippen LogP contribution in [-0.4, -0.2) is 58.1 Å². The van der Waals surface area contributed by atoms with Crippen LogP contribution in [0.4, 0.5) is 0 Å². The van der Waals surface area contributed by atoms with Gasteiger partial charge in [0.25, 0.3) is 0 Å². The molecular weight excluding hydrogens is 522 g/mol. The molecule has 2 amide bonds. The first-order chi connectivity index (χ1) is 19.5. The number of methoxy groups -OCH3 is 1. The van der Waals surface area contributed by atoms with E-state index in [9.17, 15) is 14.7 Å². The molecule has 10 heteroatoms. The molecule has 0 unspecified atom stereocenters. The summed E-state index contributed by atoms with van der Waals surface area (Å²) in [6.45, 7) is 0.0969. The largest absolute Gasteiger partial charge is 0.497 e. The highest BCUT2D eigenvalue weighted by Crippen LogP contribution is 2.34. The molecule has 0 fully saturated rings. The van der Waals surface area contributed by atoms with Crippen LogP contribution in [0.5, 0.6) is 11.6 Å². The van der Waals surface area contributed by atoms with Crippen LogP contribution in [0, 0.1) is 0 Å². The molecule has 0 radical (unpaired) electrons. The summed E-state index contributed by atoms with van der Waals surface area (Å²) < 4.78 is 13.3. The summed E-state index contributed by atoms with van der Waals surface area (Å²) in [5.74, 6) is 0.228. The van der Waals surface area contributed by atoms with Crippen LogP contribution in [-0.2, 0) is 22.4 Å². The molecule has 0 bridgehead atoms. The lowest BCUT2D eigenvalue weighted by Crippen LogP contribution is -2.45. The van der Waals surface area contributed by atoms with Crippen LogP contribution in [0.2, 0.25) is 0 Å². The average molecular weight is 560 g/mol. The minimum Gasteiger partial charge on any atom is -0.497 e. The van der Waals surface area contributed by atoms with Gasteiger partial charge in [-0.15, -0.1) is 0 Å². The average Bonchev–Trinajstić information content (AvgIpc) is 3.34. The predicted octanol–water partition coefficient (Wildman–Crippen LogP) is 3.49. The lowest BCUT2D eigenvalue weighted by Gasteiger charge is -2.16. The van der Waals surface area contributed by atoms with Crippen molar-refractivity contribution in [2.75, 3.05) is 20.3 Å². The number of rotatable bonds is 14. The second kappa shape index (κ2) is 15.2. The monoisotopic (exact) mass is 559 g/mol. The highest BCUT2D eigenvalue weighted by atomic mass is 16.5. The number of hydrogen-bond acceptors (Lipinski definition) is 7. The Hall–Kier alpha value is -4.70. The minimum absolute atomic E-state index is 0. The standard InChI is InChI=1S/C30H33N5O5.CH4/c1-39-24-12-5-11-23(19-24)35-30(25(14-16-36)28(34-35)22-10-6-15-32-20-22)40-17-7-13-27(37)33-26(29(31)38)18-21-8-3-2-4-9-21;/h2-6,8-12,15,19-20,26,36H,7,13-14,16-18H2,1H3,(H2,31,38)(H,33,37);1H4/t26-;/m0./s1. The summed E-state index contributed by atoms with van der Waals surface area (Å²) in [4.78, 5) is 28.8. The van der Waals surface area contributed by atoms with Gasteiger partial charge in [-0.25, -0.2) is 4.68 Å². The van der Waals surface area contributed by atoms with E-state index in [0.29, 0.717) is 42.3 Å². The van der Waals surface area contributed by atoms with Gasteiger partial charge in [0.05, 0.1) is 19.4 Å². The number of carbonyl (C=O) groups is 2. The van der Waals surface area contributed by atoms with E-state index in [1.165, 1.54) is 0 Å². The number of aliphatic hydroxyl groups excluding tert-OH is 1. The molecule has 0 aliphatic heterocycles. The molecule has 4 N–H and O–H groups in total. The quantitative estimate of drug-likeness (QED) is 0.201. The number of benzene rings is 2. The van der Waals surface area contributed by atoms with Crippen molar-refractivity contribution >= 4 is 11.8 Å². The first kappa shape index (κ1) is 30.8. The van der Waals surface area contributed by atoms with Crippen LogP contribution in [0.15, 0.2) is 79.1 Å². The summed E-state index contributed by atoms with van der Waals surface area (Å²) in [6.07, 6.45) is 4.53. The Morgan fingerprint density at radius 3 is 2.59 bits per heavy atom. The third-order valence-corrected chi connectivity index (χ3v) is 6.28. The first-order valence-electron chi connectivity index (χ1n) is 13.0. The number of nitrogens with one attached hydrogen (secondary N) is 1. The van der Waals surface area contributed by atoms with Crippen LogP contribution in [0.25, 0.3) is 16.9 Å². The number of aliphatic hydroxyl groups is 1. The molecule has 2 aromatic carbocycles. The molecule has 1 atom stereocenters. The predicted molar refractivity (Wildman–Crippen MR) is 157 cm³/mol. The van der Waals surface area contributed by atoms with Crippen molar-refractivity contribution in [2.24, 2.45) is 5.73 Å². The van der Waals surface area contributed by atoms with Gasteiger partial charge in [-0.3, -0.25) is 14.6 Å². The van der Waals surface area contributed by atoms with E-state index in [-0.39, 0.29) is 33.0 Å². The van der Waals surface area contributed by atoms with Gasteiger partial charge in [-0.1, -0.05) is 43.8 Å². The van der Waals surface area contributed by atoms with Crippen molar-refractivity contribution in [2.45, 2.75) is 39.2 Å². The van der Waals surface area contributed by atoms with E-state index in [2.05, 4.69) is 10.3 Å². The van der Waals surface area contributed by atoms with Crippen molar-refractivity contribution in [3.63, 3.8) is 0 Å². The van der Waals surface area contributed by atoms with Gasteiger partial charge in [-0.05, 0) is 36.2 Å². The molecule has 0 aliphatic rings. The third kappa shape index (κ3) is 8.15. The van der Waals surface area contributed by atoms with Gasteiger partial charge in [-0.2, -0.15) is 5.10 Å². The van der Waals surface area contributed by atoms with Crippen molar-refractivity contribution in [3.05, 3.63) is 90.3 Å². The van der Waals surface area contributed by atoms with E-state index >= 15 is 0 Å². The summed E-state index contributed by atoms with van der Waals surface area (Å²) in [7, 11) is 1.59. The molecule has 0 aliphatic carbocycles. The first-order valence-corrected chi connectivity index (χ1v) is 13.0. The fraction of sp³-hybridized carbons (Fsp3) is 0.290. The molecule has 2 aromatic heterocycles. The lowest BCUT2D eigenvalue weighted by molar-refractivity contribution is -0.127. The Morgan fingerprint density at radius 1 is 1.10 bits per heavy atom. The number of nitrogens with two attached hydrogens (primary N) is 1. The second-order valence-electron chi connectivity index (χ2n) is 9.13. The summed E-state index contributed by atoms with van der Waals surface area (Å²) >= 11 is 0. The Balaban J connectivity index is 0.00000462. The Kier molecular flexibility index (Phi) is 11.4. The zero-order valence-corrected chi connectivity index (χ0v) is 22.3. The molecule has 0 saturated carbocycles. The van der Waals surface area contributed by atoms with E-state index < -0.39 is 11.9 Å². The van der Waals surface area contributed by atoms with Crippen LogP contribution in [0.3, 0.4) is 0 Å². The van der Waals surface area contributed by atoms with Crippen LogP contribution >= 0.6 is 0 Å². The number of carbonyl (C=O) groups excluding carboxylic acids is 2. The molecule has 0 saturated heterocycles. The summed E-state index contributed by atoms with van der Waals surface area (Å²) in [5, 5.41) is 17.4. The van der Waals surface area contributed by atoms with Gasteiger partial charge < -0.3 is 25.6 Å². The molecule has 10 nitrogen and oxygen atoms in total. The highest BCUT2D eigenvalue weighted by Gasteiger charge is 2.23.